The van der Waals surface area contributed by atoms with Crippen LogP contribution in [0.15, 0.2) is 48.5 Å². The number of piperazine rings is 1. The second kappa shape index (κ2) is 13.1. The van der Waals surface area contributed by atoms with E-state index in [-0.39, 0.29) is 37.0 Å². The van der Waals surface area contributed by atoms with E-state index in [0.717, 1.165) is 18.8 Å². The molecule has 0 unspecified atom stereocenters. The maximum atomic E-state index is 13.0. The van der Waals surface area contributed by atoms with Crippen molar-refractivity contribution in [2.45, 2.75) is 19.9 Å². The lowest BCUT2D eigenvalue weighted by molar-refractivity contribution is -0.117. The Labute approximate surface area is 217 Å². The molecule has 0 saturated carbocycles. The first-order valence-electron chi connectivity index (χ1n) is 12.0. The Morgan fingerprint density at radius 3 is 2.31 bits per heavy atom. The van der Waals surface area contributed by atoms with Gasteiger partial charge in [-0.25, -0.2) is 4.79 Å². The van der Waals surface area contributed by atoms with Gasteiger partial charge in [0.1, 0.15) is 6.54 Å². The first kappa shape index (κ1) is 27.3. The zero-order valence-corrected chi connectivity index (χ0v) is 21.8. The maximum Gasteiger partial charge on any atom is 0.317 e. The topological polar surface area (TPSA) is 94.2 Å². The van der Waals surface area contributed by atoms with Gasteiger partial charge >= 0.3 is 6.03 Å². The molecule has 1 aliphatic heterocycles. The second-order valence-corrected chi connectivity index (χ2v) is 9.28. The van der Waals surface area contributed by atoms with Gasteiger partial charge in [0.15, 0.2) is 0 Å². The summed E-state index contributed by atoms with van der Waals surface area (Å²) in [5.74, 6) is -0.645. The number of ether oxygens (including phenoxy) is 1. The summed E-state index contributed by atoms with van der Waals surface area (Å²) in [5, 5.41) is 6.12. The Kier molecular flexibility index (Phi) is 9.95. The molecule has 3 rings (SSSR count). The highest BCUT2D eigenvalue weighted by atomic mass is 35.5. The van der Waals surface area contributed by atoms with Crippen molar-refractivity contribution in [2.75, 3.05) is 63.2 Å². The number of carbonyl (C=O) groups excluding carboxylic acids is 3. The Bertz CT molecular complexity index is 1040. The third-order valence-electron chi connectivity index (χ3n) is 5.79. The lowest BCUT2D eigenvalue weighted by Gasteiger charge is -2.36. The lowest BCUT2D eigenvalue weighted by atomic mass is 10.2. The zero-order chi connectivity index (χ0) is 26.1. The number of anilines is 2. The number of methoxy groups -OCH3 is 1. The Morgan fingerprint density at radius 2 is 1.69 bits per heavy atom. The smallest absolute Gasteiger partial charge is 0.317 e. The molecule has 9 nitrogen and oxygen atoms in total. The van der Waals surface area contributed by atoms with Crippen molar-refractivity contribution in [3.05, 3.63) is 59.1 Å². The van der Waals surface area contributed by atoms with Crippen LogP contribution in [0.25, 0.3) is 0 Å². The molecule has 0 radical (unpaired) electrons. The van der Waals surface area contributed by atoms with E-state index < -0.39 is 0 Å². The molecular weight excluding hydrogens is 482 g/mol. The van der Waals surface area contributed by atoms with Crippen molar-refractivity contribution >= 4 is 40.8 Å². The highest BCUT2D eigenvalue weighted by Crippen LogP contribution is 2.20. The third-order valence-corrected chi connectivity index (χ3v) is 6.12. The molecule has 10 heteroatoms. The normalized spacial score (nSPS) is 13.5. The van der Waals surface area contributed by atoms with E-state index in [1.54, 1.807) is 31.4 Å². The summed E-state index contributed by atoms with van der Waals surface area (Å²) in [6, 6.07) is 14.4. The van der Waals surface area contributed by atoms with Crippen LogP contribution in [0.4, 0.5) is 16.2 Å². The van der Waals surface area contributed by atoms with Crippen LogP contribution < -0.4 is 15.5 Å². The molecule has 2 N–H and O–H groups in total. The van der Waals surface area contributed by atoms with Gasteiger partial charge in [-0.15, -0.1) is 0 Å². The number of amides is 4. The molecule has 0 atom stereocenters. The molecule has 1 fully saturated rings. The molecule has 0 aromatic heterocycles. The molecule has 2 aromatic rings. The van der Waals surface area contributed by atoms with E-state index in [1.807, 2.05) is 43.0 Å². The van der Waals surface area contributed by atoms with Gasteiger partial charge in [-0.05, 0) is 50.2 Å². The average Bonchev–Trinajstić information content (AvgIpc) is 2.86. The molecular formula is C26H34ClN5O4. The number of nitrogens with zero attached hydrogens (tertiary/aromatic N) is 3. The standard InChI is InChI=1S/C26H34ClN5O4/c1-19(2)28-26(35)31-14-12-30(13-15-31)21-10-8-20(9-11-21)29-24(33)18-32(16-17-36-3)25(34)22-6-4-5-7-23(22)27/h4-11,19H,12-18H2,1-3H3,(H,28,35)(H,29,33). The van der Waals surface area contributed by atoms with Crippen LogP contribution in [-0.4, -0.2) is 86.7 Å². The summed E-state index contributed by atoms with van der Waals surface area (Å²) in [6.45, 7) is 7.08. The zero-order valence-electron chi connectivity index (χ0n) is 21.0. The lowest BCUT2D eigenvalue weighted by Crippen LogP contribution is -2.52. The third kappa shape index (κ3) is 7.60. The minimum absolute atomic E-state index is 0.0322. The summed E-state index contributed by atoms with van der Waals surface area (Å²) >= 11 is 6.18. The van der Waals surface area contributed by atoms with E-state index in [9.17, 15) is 14.4 Å². The van der Waals surface area contributed by atoms with Crippen molar-refractivity contribution in [3.8, 4) is 0 Å². The Morgan fingerprint density at radius 1 is 1.03 bits per heavy atom. The van der Waals surface area contributed by atoms with Crippen molar-refractivity contribution in [1.82, 2.24) is 15.1 Å². The molecule has 36 heavy (non-hydrogen) atoms. The predicted octanol–water partition coefficient (Wildman–Crippen LogP) is 3.31. The molecule has 0 bridgehead atoms. The van der Waals surface area contributed by atoms with Gasteiger partial charge in [-0.3, -0.25) is 9.59 Å². The highest BCUT2D eigenvalue weighted by Gasteiger charge is 2.23. The number of benzene rings is 2. The van der Waals surface area contributed by atoms with E-state index in [0.29, 0.717) is 36.0 Å². The summed E-state index contributed by atoms with van der Waals surface area (Å²) < 4.78 is 5.11. The molecule has 4 amide bonds. The molecule has 1 saturated heterocycles. The monoisotopic (exact) mass is 515 g/mol. The summed E-state index contributed by atoms with van der Waals surface area (Å²) in [5.41, 5.74) is 2.00. The van der Waals surface area contributed by atoms with Crippen molar-refractivity contribution < 1.29 is 19.1 Å². The number of urea groups is 1. The van der Waals surface area contributed by atoms with Gasteiger partial charge in [0, 0.05) is 57.3 Å². The fourth-order valence-electron chi connectivity index (χ4n) is 3.89. The molecule has 0 aliphatic carbocycles. The van der Waals surface area contributed by atoms with Crippen LogP contribution in [0.3, 0.4) is 0 Å². The summed E-state index contributed by atoms with van der Waals surface area (Å²) in [4.78, 5) is 43.3. The maximum absolute atomic E-state index is 13.0. The number of hydrogen-bond acceptors (Lipinski definition) is 5. The van der Waals surface area contributed by atoms with Crippen LogP contribution >= 0.6 is 11.6 Å². The number of nitrogens with one attached hydrogen (secondary N) is 2. The van der Waals surface area contributed by atoms with Gasteiger partial charge < -0.3 is 30.1 Å². The first-order chi connectivity index (χ1) is 17.3. The Balaban J connectivity index is 1.55. The molecule has 1 heterocycles. The summed E-state index contributed by atoms with van der Waals surface area (Å²) in [6.07, 6.45) is 0. The minimum Gasteiger partial charge on any atom is -0.383 e. The number of halogens is 1. The number of hydrogen-bond donors (Lipinski definition) is 2. The van der Waals surface area contributed by atoms with Crippen LogP contribution in [0.1, 0.15) is 24.2 Å². The van der Waals surface area contributed by atoms with Crippen molar-refractivity contribution in [1.29, 1.82) is 0 Å². The van der Waals surface area contributed by atoms with Crippen LogP contribution in [-0.2, 0) is 9.53 Å². The van der Waals surface area contributed by atoms with E-state index >= 15 is 0 Å². The van der Waals surface area contributed by atoms with E-state index in [1.165, 1.54) is 4.90 Å². The molecule has 194 valence electrons. The van der Waals surface area contributed by atoms with Crippen molar-refractivity contribution in [3.63, 3.8) is 0 Å². The summed E-state index contributed by atoms with van der Waals surface area (Å²) in [7, 11) is 1.54. The number of carbonyl (C=O) groups is 3. The number of rotatable bonds is 9. The van der Waals surface area contributed by atoms with Crippen LogP contribution in [0.2, 0.25) is 5.02 Å². The van der Waals surface area contributed by atoms with Gasteiger partial charge in [0.2, 0.25) is 5.91 Å². The highest BCUT2D eigenvalue weighted by molar-refractivity contribution is 6.33. The molecule has 0 spiro atoms. The largest absolute Gasteiger partial charge is 0.383 e. The predicted molar refractivity (Wildman–Crippen MR) is 142 cm³/mol. The fourth-order valence-corrected chi connectivity index (χ4v) is 4.11. The second-order valence-electron chi connectivity index (χ2n) is 8.87. The van der Waals surface area contributed by atoms with E-state index in [2.05, 4.69) is 15.5 Å². The van der Waals surface area contributed by atoms with Crippen molar-refractivity contribution in [2.24, 2.45) is 0 Å². The van der Waals surface area contributed by atoms with Gasteiger partial charge in [0.05, 0.1) is 17.2 Å². The average molecular weight is 516 g/mol. The first-order valence-corrected chi connectivity index (χ1v) is 12.4. The molecule has 1 aliphatic rings. The van der Waals surface area contributed by atoms with Gasteiger partial charge in [-0.1, -0.05) is 23.7 Å². The van der Waals surface area contributed by atoms with Crippen LogP contribution in [0, 0.1) is 0 Å². The molecule has 2 aromatic carbocycles. The minimum atomic E-state index is -0.329. The SMILES string of the molecule is COCCN(CC(=O)Nc1ccc(N2CCN(C(=O)NC(C)C)CC2)cc1)C(=O)c1ccccc1Cl. The van der Waals surface area contributed by atoms with E-state index in [4.69, 9.17) is 16.3 Å². The fraction of sp³-hybridized carbons (Fsp3) is 0.423. The quantitative estimate of drug-likeness (QED) is 0.534. The Hall–Kier alpha value is -3.30. The van der Waals surface area contributed by atoms with Gasteiger partial charge in [0.25, 0.3) is 5.91 Å². The van der Waals surface area contributed by atoms with Crippen LogP contribution in [0.5, 0.6) is 0 Å². The van der Waals surface area contributed by atoms with Gasteiger partial charge in [-0.2, -0.15) is 0 Å².